The third kappa shape index (κ3) is 0.677. The van der Waals surface area contributed by atoms with E-state index in [1.165, 1.54) is 6.08 Å². The fourth-order valence-corrected chi connectivity index (χ4v) is 1.25. The molecule has 0 aliphatic carbocycles. The third-order valence-electron chi connectivity index (χ3n) is 1.97. The Kier molecular flexibility index (Phi) is 1.04. The summed E-state index contributed by atoms with van der Waals surface area (Å²) in [5.74, 6) is 0.767. The minimum absolute atomic E-state index is 0.0121. The molecule has 0 bridgehead atoms. The zero-order valence-corrected chi connectivity index (χ0v) is 6.46. The molecule has 0 N–H and O–H groups in total. The Labute approximate surface area is 64.4 Å². The molecule has 1 aromatic rings. The number of rotatable bonds is 0. The van der Waals surface area contributed by atoms with E-state index < -0.39 is 0 Å². The first-order valence-corrected chi connectivity index (χ1v) is 3.48. The molecule has 3 heteroatoms. The molecule has 0 atom stereocenters. The van der Waals surface area contributed by atoms with E-state index >= 15 is 0 Å². The summed E-state index contributed by atoms with van der Waals surface area (Å²) in [6.07, 6.45) is 3.27. The number of aromatic nitrogens is 2. The van der Waals surface area contributed by atoms with Crippen molar-refractivity contribution < 1.29 is 4.79 Å². The summed E-state index contributed by atoms with van der Waals surface area (Å²) in [7, 11) is 0. The normalized spacial score (nSPS) is 14.2. The minimum Gasteiger partial charge on any atom is -0.269 e. The monoisotopic (exact) mass is 148 g/mol. The Bertz CT molecular complexity index is 360. The van der Waals surface area contributed by atoms with Crippen LogP contribution in [0.5, 0.6) is 0 Å². The number of hydrogen-bond donors (Lipinski definition) is 0. The number of imidazole rings is 1. The SMILES string of the molecule is Cc1nc2n(c1C)C(=O)C=C2. The molecule has 1 aliphatic rings. The van der Waals surface area contributed by atoms with Gasteiger partial charge in [0.2, 0.25) is 0 Å². The molecule has 1 aromatic heterocycles. The van der Waals surface area contributed by atoms with Crippen LogP contribution in [0.15, 0.2) is 6.08 Å². The van der Waals surface area contributed by atoms with Crippen LogP contribution in [0, 0.1) is 13.8 Å². The summed E-state index contributed by atoms with van der Waals surface area (Å²) in [5, 5.41) is 0. The molecule has 3 nitrogen and oxygen atoms in total. The van der Waals surface area contributed by atoms with Crippen molar-refractivity contribution >= 4 is 12.0 Å². The topological polar surface area (TPSA) is 34.9 Å². The number of allylic oxidation sites excluding steroid dienone is 1. The van der Waals surface area contributed by atoms with Crippen LogP contribution in [-0.4, -0.2) is 15.5 Å². The predicted octanol–water partition coefficient (Wildman–Crippen LogP) is 1.17. The molecule has 0 saturated carbocycles. The quantitative estimate of drug-likeness (QED) is 0.553. The van der Waals surface area contributed by atoms with Gasteiger partial charge in [-0.15, -0.1) is 0 Å². The molecule has 0 spiro atoms. The maximum atomic E-state index is 11.1. The molecule has 56 valence electrons. The molecule has 0 amide bonds. The lowest BCUT2D eigenvalue weighted by Gasteiger charge is -1.95. The van der Waals surface area contributed by atoms with Gasteiger partial charge in [0.25, 0.3) is 5.91 Å². The van der Waals surface area contributed by atoms with E-state index in [9.17, 15) is 4.79 Å². The van der Waals surface area contributed by atoms with E-state index in [1.54, 1.807) is 10.6 Å². The van der Waals surface area contributed by atoms with Crippen LogP contribution in [0.1, 0.15) is 22.0 Å². The van der Waals surface area contributed by atoms with Gasteiger partial charge in [-0.1, -0.05) is 0 Å². The number of carbonyl (C=O) groups is 1. The lowest BCUT2D eigenvalue weighted by atomic mass is 10.4. The second kappa shape index (κ2) is 1.81. The molecule has 2 heterocycles. The van der Waals surface area contributed by atoms with Crippen molar-refractivity contribution in [3.63, 3.8) is 0 Å². The molecule has 0 unspecified atom stereocenters. The average Bonchev–Trinajstić information content (AvgIpc) is 2.41. The molecule has 0 aromatic carbocycles. The van der Waals surface area contributed by atoms with Crippen LogP contribution in [0.4, 0.5) is 0 Å². The van der Waals surface area contributed by atoms with Gasteiger partial charge in [0.15, 0.2) is 0 Å². The second-order valence-electron chi connectivity index (χ2n) is 2.65. The summed E-state index contributed by atoms with van der Waals surface area (Å²) in [5.41, 5.74) is 1.87. The number of nitrogens with zero attached hydrogens (tertiary/aromatic N) is 2. The van der Waals surface area contributed by atoms with Gasteiger partial charge in [-0.3, -0.25) is 9.36 Å². The first-order valence-electron chi connectivity index (χ1n) is 3.48. The summed E-state index contributed by atoms with van der Waals surface area (Å²) in [4.78, 5) is 15.3. The van der Waals surface area contributed by atoms with Gasteiger partial charge in [-0.25, -0.2) is 4.98 Å². The fourth-order valence-electron chi connectivity index (χ4n) is 1.25. The first kappa shape index (κ1) is 6.34. The van der Waals surface area contributed by atoms with Crippen LogP contribution in [0.3, 0.4) is 0 Å². The molecular formula is C8H8N2O. The van der Waals surface area contributed by atoms with Gasteiger partial charge in [-0.05, 0) is 19.9 Å². The Hall–Kier alpha value is -1.38. The van der Waals surface area contributed by atoms with Crippen LogP contribution in [0.2, 0.25) is 0 Å². The molecule has 11 heavy (non-hydrogen) atoms. The fraction of sp³-hybridized carbons (Fsp3) is 0.250. The Morgan fingerprint density at radius 3 is 2.73 bits per heavy atom. The van der Waals surface area contributed by atoms with E-state index in [1.807, 2.05) is 13.8 Å². The molecule has 2 rings (SSSR count). The summed E-state index contributed by atoms with van der Waals surface area (Å²) in [6, 6.07) is 0. The van der Waals surface area contributed by atoms with E-state index in [2.05, 4.69) is 4.98 Å². The van der Waals surface area contributed by atoms with Gasteiger partial charge in [-0.2, -0.15) is 0 Å². The largest absolute Gasteiger partial charge is 0.269 e. The van der Waals surface area contributed by atoms with Gasteiger partial charge < -0.3 is 0 Å². The first-order chi connectivity index (χ1) is 5.20. The van der Waals surface area contributed by atoms with Crippen LogP contribution >= 0.6 is 0 Å². The average molecular weight is 148 g/mol. The van der Waals surface area contributed by atoms with Crippen LogP contribution < -0.4 is 0 Å². The predicted molar refractivity (Wildman–Crippen MR) is 41.4 cm³/mol. The highest BCUT2D eigenvalue weighted by Gasteiger charge is 2.17. The standard InChI is InChI=1S/C8H8N2O/c1-5-6(2)10-7(9-5)3-4-8(10)11/h3-4H,1-2H3. The molecular weight excluding hydrogens is 140 g/mol. The van der Waals surface area contributed by atoms with Gasteiger partial charge in [0, 0.05) is 11.8 Å². The maximum absolute atomic E-state index is 11.1. The third-order valence-corrected chi connectivity index (χ3v) is 1.97. The van der Waals surface area contributed by atoms with Crippen molar-refractivity contribution in [3.05, 3.63) is 23.3 Å². The summed E-state index contributed by atoms with van der Waals surface area (Å²) < 4.78 is 1.62. The lowest BCUT2D eigenvalue weighted by Crippen LogP contribution is -2.05. The van der Waals surface area contributed by atoms with E-state index in [4.69, 9.17) is 0 Å². The number of carbonyl (C=O) groups excluding carboxylic acids is 1. The van der Waals surface area contributed by atoms with Crippen molar-refractivity contribution in [1.29, 1.82) is 0 Å². The molecule has 0 saturated heterocycles. The van der Waals surface area contributed by atoms with Crippen molar-refractivity contribution in [3.8, 4) is 0 Å². The molecule has 0 fully saturated rings. The van der Waals surface area contributed by atoms with E-state index in [-0.39, 0.29) is 5.91 Å². The van der Waals surface area contributed by atoms with Gasteiger partial charge in [0.05, 0.1) is 5.69 Å². The zero-order chi connectivity index (χ0) is 8.01. The van der Waals surface area contributed by atoms with Gasteiger partial charge in [0.1, 0.15) is 5.82 Å². The highest BCUT2D eigenvalue weighted by atomic mass is 16.2. The Morgan fingerprint density at radius 2 is 2.09 bits per heavy atom. The van der Waals surface area contributed by atoms with Crippen molar-refractivity contribution in [2.24, 2.45) is 0 Å². The Morgan fingerprint density at radius 1 is 1.36 bits per heavy atom. The Balaban J connectivity index is 2.75. The summed E-state index contributed by atoms with van der Waals surface area (Å²) >= 11 is 0. The minimum atomic E-state index is 0.0121. The number of fused-ring (bicyclic) bond motifs is 1. The maximum Gasteiger partial charge on any atom is 0.256 e. The number of aryl methyl sites for hydroxylation is 1. The lowest BCUT2D eigenvalue weighted by molar-refractivity contribution is 0.0972. The molecule has 1 aliphatic heterocycles. The summed E-state index contributed by atoms with van der Waals surface area (Å²) in [6.45, 7) is 3.80. The van der Waals surface area contributed by atoms with Crippen molar-refractivity contribution in [2.45, 2.75) is 13.8 Å². The van der Waals surface area contributed by atoms with E-state index in [0.717, 1.165) is 17.2 Å². The van der Waals surface area contributed by atoms with E-state index in [0.29, 0.717) is 0 Å². The molecule has 0 radical (unpaired) electrons. The van der Waals surface area contributed by atoms with Crippen molar-refractivity contribution in [2.75, 3.05) is 0 Å². The number of hydrogen-bond acceptors (Lipinski definition) is 2. The highest BCUT2D eigenvalue weighted by molar-refractivity contribution is 5.99. The van der Waals surface area contributed by atoms with Gasteiger partial charge >= 0.3 is 0 Å². The van der Waals surface area contributed by atoms with Crippen molar-refractivity contribution in [1.82, 2.24) is 9.55 Å². The van der Waals surface area contributed by atoms with Crippen LogP contribution in [-0.2, 0) is 0 Å². The second-order valence-corrected chi connectivity index (χ2v) is 2.65. The smallest absolute Gasteiger partial charge is 0.256 e. The zero-order valence-electron chi connectivity index (χ0n) is 6.46. The highest BCUT2D eigenvalue weighted by Crippen LogP contribution is 2.16. The van der Waals surface area contributed by atoms with Crippen LogP contribution in [0.25, 0.3) is 6.08 Å².